The van der Waals surface area contributed by atoms with Crippen molar-refractivity contribution >= 4 is 32.9 Å². The highest BCUT2D eigenvalue weighted by molar-refractivity contribution is 6.15. The van der Waals surface area contributed by atoms with Crippen molar-refractivity contribution in [1.29, 1.82) is 0 Å². The third-order valence-corrected chi connectivity index (χ3v) is 6.95. The summed E-state index contributed by atoms with van der Waals surface area (Å²) in [4.78, 5) is 4.40. The van der Waals surface area contributed by atoms with E-state index < -0.39 is 0 Å². The number of hydrogen-bond donors (Lipinski definition) is 0. The number of aromatic nitrogens is 2. The van der Waals surface area contributed by atoms with Crippen LogP contribution in [0.3, 0.4) is 0 Å². The predicted molar refractivity (Wildman–Crippen MR) is 126 cm³/mol. The summed E-state index contributed by atoms with van der Waals surface area (Å²) in [6, 6.07) is 28.4. The molecule has 1 aliphatic carbocycles. The average molecular weight is 400 g/mol. The van der Waals surface area contributed by atoms with Crippen LogP contribution in [0.25, 0.3) is 49.7 Å². The van der Waals surface area contributed by atoms with Crippen LogP contribution in [0.4, 0.5) is 0 Å². The monoisotopic (exact) mass is 400 g/mol. The second kappa shape index (κ2) is 5.64. The van der Waals surface area contributed by atoms with Crippen molar-refractivity contribution in [1.82, 2.24) is 9.55 Å². The van der Waals surface area contributed by atoms with Gasteiger partial charge >= 0.3 is 0 Å². The Kier molecular flexibility index (Phi) is 3.07. The number of rotatable bonds is 1. The lowest BCUT2D eigenvalue weighted by Crippen LogP contribution is -2.14. The summed E-state index contributed by atoms with van der Waals surface area (Å²) >= 11 is 0. The van der Waals surface area contributed by atoms with Crippen molar-refractivity contribution in [2.45, 2.75) is 19.3 Å². The van der Waals surface area contributed by atoms with Gasteiger partial charge in [0, 0.05) is 27.4 Å². The topological polar surface area (TPSA) is 31.0 Å². The second-order valence-electron chi connectivity index (χ2n) is 8.91. The van der Waals surface area contributed by atoms with Gasteiger partial charge in [-0.05, 0) is 41.0 Å². The molecular weight excluding hydrogens is 380 g/mol. The Morgan fingerprint density at radius 3 is 2.58 bits per heavy atom. The Morgan fingerprint density at radius 1 is 0.806 bits per heavy atom. The molecule has 4 aromatic carbocycles. The SMILES string of the molecule is CC1(C)c2ccccc2-c2c1ccc1c3ccccc3n(-c3ccc4ocnc4c3)c21. The molecular formula is C28H20N2O. The summed E-state index contributed by atoms with van der Waals surface area (Å²) < 4.78 is 7.89. The first-order valence-electron chi connectivity index (χ1n) is 10.6. The zero-order valence-electron chi connectivity index (χ0n) is 17.4. The highest BCUT2D eigenvalue weighted by atomic mass is 16.3. The summed E-state index contributed by atoms with van der Waals surface area (Å²) in [6.45, 7) is 4.66. The van der Waals surface area contributed by atoms with E-state index in [1.165, 1.54) is 50.5 Å². The van der Waals surface area contributed by atoms with Gasteiger partial charge in [-0.3, -0.25) is 0 Å². The molecule has 0 atom stereocenters. The minimum atomic E-state index is -0.0303. The molecule has 7 rings (SSSR count). The van der Waals surface area contributed by atoms with Gasteiger partial charge in [-0.2, -0.15) is 0 Å². The van der Waals surface area contributed by atoms with Gasteiger partial charge in [0.2, 0.25) is 0 Å². The Balaban J connectivity index is 1.71. The van der Waals surface area contributed by atoms with E-state index in [1.54, 1.807) is 0 Å². The molecule has 1 aliphatic rings. The van der Waals surface area contributed by atoms with Crippen LogP contribution in [0.1, 0.15) is 25.0 Å². The standard InChI is InChI=1S/C28H20N2O/c1-28(2)21-9-5-3-8-20(21)26-22(28)13-12-19-18-7-4-6-10-24(18)30(27(19)26)17-11-14-25-23(15-17)29-16-31-25/h3-16H,1-2H3. The van der Waals surface area contributed by atoms with E-state index in [9.17, 15) is 0 Å². The van der Waals surface area contributed by atoms with Crippen LogP contribution in [0.15, 0.2) is 89.7 Å². The lowest BCUT2D eigenvalue weighted by molar-refractivity contribution is 0.602. The molecule has 0 N–H and O–H groups in total. The number of nitrogens with zero attached hydrogens (tertiary/aromatic N) is 2. The zero-order chi connectivity index (χ0) is 20.7. The maximum absolute atomic E-state index is 5.49. The number of fused-ring (bicyclic) bond motifs is 8. The molecule has 0 saturated carbocycles. The molecule has 0 saturated heterocycles. The molecule has 3 nitrogen and oxygen atoms in total. The van der Waals surface area contributed by atoms with Crippen LogP contribution in [-0.2, 0) is 5.41 Å². The first-order chi connectivity index (χ1) is 15.1. The first kappa shape index (κ1) is 16.9. The van der Waals surface area contributed by atoms with Gasteiger partial charge in [0.15, 0.2) is 12.0 Å². The van der Waals surface area contributed by atoms with Crippen LogP contribution < -0.4 is 0 Å². The third-order valence-electron chi connectivity index (χ3n) is 6.95. The van der Waals surface area contributed by atoms with Crippen LogP contribution in [0.2, 0.25) is 0 Å². The molecule has 0 aliphatic heterocycles. The van der Waals surface area contributed by atoms with E-state index >= 15 is 0 Å². The number of hydrogen-bond acceptors (Lipinski definition) is 2. The van der Waals surface area contributed by atoms with Crippen molar-refractivity contribution in [2.24, 2.45) is 0 Å². The molecule has 148 valence electrons. The van der Waals surface area contributed by atoms with Crippen molar-refractivity contribution < 1.29 is 4.42 Å². The second-order valence-corrected chi connectivity index (χ2v) is 8.91. The van der Waals surface area contributed by atoms with Crippen molar-refractivity contribution in [3.05, 3.63) is 96.4 Å². The molecule has 31 heavy (non-hydrogen) atoms. The molecule has 0 bridgehead atoms. The molecule has 6 aromatic rings. The van der Waals surface area contributed by atoms with Gasteiger partial charge in [-0.1, -0.05) is 68.4 Å². The molecule has 0 spiro atoms. The molecule has 2 aromatic heterocycles. The summed E-state index contributed by atoms with van der Waals surface area (Å²) in [5.41, 5.74) is 10.7. The number of oxazole rings is 1. The van der Waals surface area contributed by atoms with Gasteiger partial charge in [0.25, 0.3) is 0 Å². The van der Waals surface area contributed by atoms with Crippen molar-refractivity contribution in [3.63, 3.8) is 0 Å². The van der Waals surface area contributed by atoms with Crippen molar-refractivity contribution in [3.8, 4) is 16.8 Å². The van der Waals surface area contributed by atoms with Gasteiger partial charge in [-0.25, -0.2) is 4.98 Å². The minimum absolute atomic E-state index is 0.0303. The Morgan fingerprint density at radius 2 is 1.65 bits per heavy atom. The zero-order valence-corrected chi connectivity index (χ0v) is 17.4. The summed E-state index contributed by atoms with van der Waals surface area (Å²) in [7, 11) is 0. The third kappa shape index (κ3) is 2.05. The van der Waals surface area contributed by atoms with E-state index in [0.717, 1.165) is 16.8 Å². The summed E-state index contributed by atoms with van der Waals surface area (Å²) in [6.07, 6.45) is 1.51. The van der Waals surface area contributed by atoms with Crippen LogP contribution in [-0.4, -0.2) is 9.55 Å². The normalized spacial score (nSPS) is 14.4. The maximum Gasteiger partial charge on any atom is 0.181 e. The molecule has 0 amide bonds. The fraction of sp³-hybridized carbons (Fsp3) is 0.107. The summed E-state index contributed by atoms with van der Waals surface area (Å²) in [5.74, 6) is 0. The smallest absolute Gasteiger partial charge is 0.181 e. The Hall–Kier alpha value is -3.85. The fourth-order valence-corrected chi connectivity index (χ4v) is 5.50. The highest BCUT2D eigenvalue weighted by Gasteiger charge is 2.37. The van der Waals surface area contributed by atoms with E-state index in [1.807, 2.05) is 6.07 Å². The van der Waals surface area contributed by atoms with Gasteiger partial charge in [0.1, 0.15) is 5.52 Å². The Bertz CT molecular complexity index is 1670. The largest absolute Gasteiger partial charge is 0.443 e. The average Bonchev–Trinajstić information content (AvgIpc) is 3.45. The van der Waals surface area contributed by atoms with Gasteiger partial charge in [0.05, 0.1) is 11.0 Å². The number of benzene rings is 4. The van der Waals surface area contributed by atoms with E-state index in [0.29, 0.717) is 0 Å². The van der Waals surface area contributed by atoms with Crippen LogP contribution >= 0.6 is 0 Å². The van der Waals surface area contributed by atoms with Crippen LogP contribution in [0.5, 0.6) is 0 Å². The van der Waals surface area contributed by atoms with E-state index in [4.69, 9.17) is 4.42 Å². The minimum Gasteiger partial charge on any atom is -0.443 e. The molecule has 0 radical (unpaired) electrons. The van der Waals surface area contributed by atoms with Gasteiger partial charge in [-0.15, -0.1) is 0 Å². The lowest BCUT2D eigenvalue weighted by atomic mass is 9.82. The van der Waals surface area contributed by atoms with E-state index in [-0.39, 0.29) is 5.41 Å². The Labute approximate surface area is 179 Å². The van der Waals surface area contributed by atoms with Crippen LogP contribution in [0, 0.1) is 0 Å². The maximum atomic E-state index is 5.49. The lowest BCUT2D eigenvalue weighted by Gasteiger charge is -2.21. The molecule has 2 heterocycles. The van der Waals surface area contributed by atoms with E-state index in [2.05, 4.69) is 96.2 Å². The molecule has 0 unspecified atom stereocenters. The number of para-hydroxylation sites is 1. The predicted octanol–water partition coefficient (Wildman–Crippen LogP) is 7.23. The quantitative estimate of drug-likeness (QED) is 0.291. The first-order valence-corrected chi connectivity index (χ1v) is 10.6. The van der Waals surface area contributed by atoms with Gasteiger partial charge < -0.3 is 8.98 Å². The molecule has 0 fully saturated rings. The molecule has 3 heteroatoms. The highest BCUT2D eigenvalue weighted by Crippen LogP contribution is 2.52. The fourth-order valence-electron chi connectivity index (χ4n) is 5.50. The van der Waals surface area contributed by atoms with Crippen molar-refractivity contribution in [2.75, 3.05) is 0 Å². The summed E-state index contributed by atoms with van der Waals surface area (Å²) in [5, 5.41) is 2.55.